The van der Waals surface area contributed by atoms with Crippen molar-refractivity contribution in [3.63, 3.8) is 0 Å². The molecule has 0 saturated heterocycles. The minimum atomic E-state index is 0.0325. The summed E-state index contributed by atoms with van der Waals surface area (Å²) < 4.78 is 10.9. The monoisotopic (exact) mass is 306 g/mol. The molecule has 3 rings (SSSR count). The highest BCUT2D eigenvalue weighted by Gasteiger charge is 2.18. The fourth-order valence-corrected chi connectivity index (χ4v) is 2.16. The lowest BCUT2D eigenvalue weighted by atomic mass is 10.2. The van der Waals surface area contributed by atoms with Crippen molar-refractivity contribution in [2.75, 3.05) is 12.3 Å². The summed E-state index contributed by atoms with van der Waals surface area (Å²) in [4.78, 5) is 8.11. The van der Waals surface area contributed by atoms with Crippen molar-refractivity contribution in [1.29, 1.82) is 5.26 Å². The van der Waals surface area contributed by atoms with Gasteiger partial charge in [-0.2, -0.15) is 10.2 Å². The van der Waals surface area contributed by atoms with Crippen molar-refractivity contribution in [2.45, 2.75) is 6.42 Å². The second kappa shape index (κ2) is 6.62. The minimum Gasteiger partial charge on any atom is -0.476 e. The van der Waals surface area contributed by atoms with Crippen LogP contribution in [0.2, 0.25) is 0 Å². The molecular formula is C17H14N4O2. The molecule has 0 fully saturated rings. The number of nitrogen functional groups attached to an aromatic ring is 1. The van der Waals surface area contributed by atoms with E-state index >= 15 is 0 Å². The summed E-state index contributed by atoms with van der Waals surface area (Å²) >= 11 is 0. The summed E-state index contributed by atoms with van der Waals surface area (Å²) in [6.07, 6.45) is 2.20. The predicted octanol–water partition coefficient (Wildman–Crippen LogP) is 2.81. The Balaban J connectivity index is 1.83. The van der Waals surface area contributed by atoms with E-state index in [-0.39, 0.29) is 17.4 Å². The fourth-order valence-electron chi connectivity index (χ4n) is 2.16. The van der Waals surface area contributed by atoms with Crippen molar-refractivity contribution in [3.8, 4) is 23.4 Å². The Morgan fingerprint density at radius 2 is 1.96 bits per heavy atom. The maximum Gasteiger partial charge on any atom is 0.237 e. The van der Waals surface area contributed by atoms with Crippen molar-refractivity contribution < 1.29 is 9.15 Å². The SMILES string of the molecule is N#Cc1c(OCCc2ccccc2)nc(N)nc1-c1ccco1. The minimum absolute atomic E-state index is 0.0325. The van der Waals surface area contributed by atoms with Crippen LogP contribution >= 0.6 is 0 Å². The third-order valence-electron chi connectivity index (χ3n) is 3.23. The van der Waals surface area contributed by atoms with Gasteiger partial charge in [-0.15, -0.1) is 0 Å². The first kappa shape index (κ1) is 14.6. The molecule has 2 heterocycles. The van der Waals surface area contributed by atoms with Gasteiger partial charge < -0.3 is 14.9 Å². The molecule has 0 atom stereocenters. The van der Waals surface area contributed by atoms with Gasteiger partial charge in [-0.05, 0) is 17.7 Å². The molecular weight excluding hydrogens is 292 g/mol. The van der Waals surface area contributed by atoms with E-state index in [0.717, 1.165) is 5.56 Å². The number of nitrogens with zero attached hydrogens (tertiary/aromatic N) is 3. The molecule has 6 heteroatoms. The highest BCUT2D eigenvalue weighted by Crippen LogP contribution is 2.28. The van der Waals surface area contributed by atoms with Gasteiger partial charge in [-0.1, -0.05) is 30.3 Å². The summed E-state index contributed by atoms with van der Waals surface area (Å²) in [5.74, 6) is 0.649. The summed E-state index contributed by atoms with van der Waals surface area (Å²) in [7, 11) is 0. The fraction of sp³-hybridized carbons (Fsp3) is 0.118. The number of nitrogens with two attached hydrogens (primary N) is 1. The lowest BCUT2D eigenvalue weighted by Gasteiger charge is -2.09. The van der Waals surface area contributed by atoms with Crippen LogP contribution in [0.25, 0.3) is 11.5 Å². The topological polar surface area (TPSA) is 98.0 Å². The van der Waals surface area contributed by atoms with E-state index in [1.54, 1.807) is 12.1 Å². The molecule has 114 valence electrons. The van der Waals surface area contributed by atoms with E-state index in [1.807, 2.05) is 30.3 Å². The first-order valence-corrected chi connectivity index (χ1v) is 7.06. The van der Waals surface area contributed by atoms with Crippen LogP contribution in [-0.4, -0.2) is 16.6 Å². The molecule has 0 aliphatic carbocycles. The molecule has 0 spiro atoms. The largest absolute Gasteiger partial charge is 0.476 e. The zero-order valence-electron chi connectivity index (χ0n) is 12.3. The molecule has 1 aromatic carbocycles. The van der Waals surface area contributed by atoms with Crippen LogP contribution in [0.1, 0.15) is 11.1 Å². The van der Waals surface area contributed by atoms with Crippen molar-refractivity contribution in [2.24, 2.45) is 0 Å². The predicted molar refractivity (Wildman–Crippen MR) is 84.5 cm³/mol. The number of rotatable bonds is 5. The Hall–Kier alpha value is -3.33. The second-order valence-corrected chi connectivity index (χ2v) is 4.78. The second-order valence-electron chi connectivity index (χ2n) is 4.78. The van der Waals surface area contributed by atoms with E-state index in [2.05, 4.69) is 16.0 Å². The van der Waals surface area contributed by atoms with Crippen LogP contribution in [0.3, 0.4) is 0 Å². The molecule has 0 unspecified atom stereocenters. The van der Waals surface area contributed by atoms with Gasteiger partial charge in [0.1, 0.15) is 17.3 Å². The van der Waals surface area contributed by atoms with E-state index in [4.69, 9.17) is 14.9 Å². The van der Waals surface area contributed by atoms with E-state index in [9.17, 15) is 5.26 Å². The van der Waals surface area contributed by atoms with Gasteiger partial charge in [0.25, 0.3) is 0 Å². The first-order valence-electron chi connectivity index (χ1n) is 7.06. The average Bonchev–Trinajstić information content (AvgIpc) is 3.10. The van der Waals surface area contributed by atoms with Gasteiger partial charge >= 0.3 is 0 Å². The quantitative estimate of drug-likeness (QED) is 0.778. The Kier molecular flexibility index (Phi) is 4.20. The number of ether oxygens (including phenoxy) is 1. The molecule has 0 bridgehead atoms. The molecule has 3 aromatic rings. The maximum absolute atomic E-state index is 9.41. The highest BCUT2D eigenvalue weighted by molar-refractivity contribution is 5.65. The molecule has 2 N–H and O–H groups in total. The van der Waals surface area contributed by atoms with Gasteiger partial charge in [0.2, 0.25) is 11.8 Å². The molecule has 2 aromatic heterocycles. The van der Waals surface area contributed by atoms with Gasteiger partial charge in [0.05, 0.1) is 12.9 Å². The van der Waals surface area contributed by atoms with Gasteiger partial charge in [-0.25, -0.2) is 4.98 Å². The summed E-state index contributed by atoms with van der Waals surface area (Å²) in [5, 5.41) is 9.41. The van der Waals surface area contributed by atoms with Crippen molar-refractivity contribution >= 4 is 5.95 Å². The van der Waals surface area contributed by atoms with E-state index in [0.29, 0.717) is 24.5 Å². The van der Waals surface area contributed by atoms with E-state index in [1.165, 1.54) is 6.26 Å². The van der Waals surface area contributed by atoms with Crippen LogP contribution in [0.4, 0.5) is 5.95 Å². The van der Waals surface area contributed by atoms with Crippen molar-refractivity contribution in [1.82, 2.24) is 9.97 Å². The average molecular weight is 306 g/mol. The Bertz CT molecular complexity index is 824. The maximum atomic E-state index is 9.41. The van der Waals surface area contributed by atoms with Crippen LogP contribution in [0, 0.1) is 11.3 Å². The Labute approximate surface area is 133 Å². The van der Waals surface area contributed by atoms with Crippen molar-refractivity contribution in [3.05, 3.63) is 59.9 Å². The third kappa shape index (κ3) is 3.30. The number of hydrogen-bond acceptors (Lipinski definition) is 6. The zero-order valence-corrected chi connectivity index (χ0v) is 12.3. The molecule has 23 heavy (non-hydrogen) atoms. The summed E-state index contributed by atoms with van der Waals surface area (Å²) in [5.41, 5.74) is 7.40. The molecule has 0 aliphatic rings. The van der Waals surface area contributed by atoms with Crippen LogP contribution in [-0.2, 0) is 6.42 Å². The molecule has 0 saturated carbocycles. The van der Waals surface area contributed by atoms with Gasteiger partial charge in [0.15, 0.2) is 5.76 Å². The van der Waals surface area contributed by atoms with Crippen LogP contribution in [0.15, 0.2) is 53.1 Å². The summed E-state index contributed by atoms with van der Waals surface area (Å²) in [6, 6.07) is 15.4. The number of hydrogen-bond donors (Lipinski definition) is 1. The molecule has 0 radical (unpaired) electrons. The number of furan rings is 1. The normalized spacial score (nSPS) is 10.2. The van der Waals surface area contributed by atoms with E-state index < -0.39 is 0 Å². The Morgan fingerprint density at radius 3 is 2.65 bits per heavy atom. The zero-order chi connectivity index (χ0) is 16.1. The third-order valence-corrected chi connectivity index (χ3v) is 3.23. The summed E-state index contributed by atoms with van der Waals surface area (Å²) in [6.45, 7) is 0.382. The number of benzene rings is 1. The number of aromatic nitrogens is 2. The molecule has 6 nitrogen and oxygen atoms in total. The van der Waals surface area contributed by atoms with Crippen LogP contribution in [0.5, 0.6) is 5.88 Å². The standard InChI is InChI=1S/C17H14N4O2/c18-11-13-15(14-7-4-9-22-14)20-17(19)21-16(13)23-10-8-12-5-2-1-3-6-12/h1-7,9H,8,10H2,(H2,19,20,21). The van der Waals surface area contributed by atoms with Crippen LogP contribution < -0.4 is 10.5 Å². The smallest absolute Gasteiger partial charge is 0.237 e. The Morgan fingerprint density at radius 1 is 1.13 bits per heavy atom. The number of anilines is 1. The van der Waals surface area contributed by atoms with Gasteiger partial charge in [-0.3, -0.25) is 0 Å². The molecule has 0 aliphatic heterocycles. The lowest BCUT2D eigenvalue weighted by molar-refractivity contribution is 0.308. The van der Waals surface area contributed by atoms with Gasteiger partial charge in [0, 0.05) is 6.42 Å². The first-order chi connectivity index (χ1) is 11.3. The lowest BCUT2D eigenvalue weighted by Crippen LogP contribution is -2.08. The number of nitriles is 1. The highest BCUT2D eigenvalue weighted by atomic mass is 16.5. The molecule has 0 amide bonds.